The van der Waals surface area contributed by atoms with Crippen LogP contribution in [0.25, 0.3) is 0 Å². The number of nitro benzene ring substituents is 1. The molecular weight excluding hydrogens is 196 g/mol. The maximum Gasteiger partial charge on any atom is 0.276 e. The summed E-state index contributed by atoms with van der Waals surface area (Å²) in [5.74, 6) is 0.515. The lowest BCUT2D eigenvalue weighted by Gasteiger charge is -2.10. The number of nitrogens with two attached hydrogens (primary N) is 1. The molecule has 1 rings (SSSR count). The number of nitro groups is 1. The summed E-state index contributed by atoms with van der Waals surface area (Å²) in [6.07, 6.45) is 0. The Balaban J connectivity index is 2.89. The number of benzene rings is 1. The van der Waals surface area contributed by atoms with E-state index >= 15 is 0 Å². The second-order valence-electron chi connectivity index (χ2n) is 3.45. The van der Waals surface area contributed by atoms with E-state index in [0.717, 1.165) is 0 Å². The Kier molecular flexibility index (Phi) is 3.62. The number of rotatable bonds is 4. The van der Waals surface area contributed by atoms with E-state index < -0.39 is 4.92 Å². The molecule has 15 heavy (non-hydrogen) atoms. The molecule has 1 atom stereocenters. The molecule has 5 nitrogen and oxygen atoms in total. The normalized spacial score (nSPS) is 12.2. The SMILES string of the molecule is Cc1c(OCC(C)N)cccc1[N+](=O)[O-]. The van der Waals surface area contributed by atoms with E-state index in [1.165, 1.54) is 6.07 Å². The smallest absolute Gasteiger partial charge is 0.276 e. The number of ether oxygens (including phenoxy) is 1. The van der Waals surface area contributed by atoms with Gasteiger partial charge >= 0.3 is 0 Å². The zero-order valence-corrected chi connectivity index (χ0v) is 8.77. The van der Waals surface area contributed by atoms with Crippen molar-refractivity contribution in [2.24, 2.45) is 5.73 Å². The van der Waals surface area contributed by atoms with E-state index in [9.17, 15) is 10.1 Å². The van der Waals surface area contributed by atoms with Crippen molar-refractivity contribution in [2.45, 2.75) is 19.9 Å². The third-order valence-electron chi connectivity index (χ3n) is 1.95. The van der Waals surface area contributed by atoms with Crippen molar-refractivity contribution in [1.29, 1.82) is 0 Å². The van der Waals surface area contributed by atoms with Crippen LogP contribution in [0.4, 0.5) is 5.69 Å². The van der Waals surface area contributed by atoms with Gasteiger partial charge in [0.15, 0.2) is 0 Å². The fraction of sp³-hybridized carbons (Fsp3) is 0.400. The van der Waals surface area contributed by atoms with Crippen LogP contribution in [0.5, 0.6) is 5.75 Å². The minimum Gasteiger partial charge on any atom is -0.491 e. The van der Waals surface area contributed by atoms with Crippen molar-refractivity contribution in [3.05, 3.63) is 33.9 Å². The third kappa shape index (κ3) is 2.92. The molecule has 0 aliphatic carbocycles. The van der Waals surface area contributed by atoms with E-state index in [2.05, 4.69) is 0 Å². The standard InChI is InChI=1S/C10H14N2O3/c1-7(11)6-15-10-5-3-4-9(8(10)2)12(13)14/h3-5,7H,6,11H2,1-2H3. The van der Waals surface area contributed by atoms with Gasteiger partial charge in [0, 0.05) is 12.1 Å². The predicted octanol–water partition coefficient (Wildman–Crippen LogP) is 1.63. The van der Waals surface area contributed by atoms with Crippen LogP contribution < -0.4 is 10.5 Å². The van der Waals surface area contributed by atoms with Crippen LogP contribution in [0, 0.1) is 17.0 Å². The Bertz CT molecular complexity index is 364. The van der Waals surface area contributed by atoms with Gasteiger partial charge in [0.1, 0.15) is 12.4 Å². The topological polar surface area (TPSA) is 78.4 Å². The van der Waals surface area contributed by atoms with Crippen LogP contribution in [0.15, 0.2) is 18.2 Å². The maximum absolute atomic E-state index is 10.6. The first-order valence-electron chi connectivity index (χ1n) is 4.64. The van der Waals surface area contributed by atoms with Crippen LogP contribution >= 0.6 is 0 Å². The average molecular weight is 210 g/mol. The zero-order chi connectivity index (χ0) is 11.4. The van der Waals surface area contributed by atoms with Crippen molar-refractivity contribution < 1.29 is 9.66 Å². The van der Waals surface area contributed by atoms with Crippen molar-refractivity contribution in [1.82, 2.24) is 0 Å². The molecule has 0 heterocycles. The molecule has 0 aromatic heterocycles. The summed E-state index contributed by atoms with van der Waals surface area (Å²) < 4.78 is 5.36. The van der Waals surface area contributed by atoms with Gasteiger partial charge in [0.2, 0.25) is 0 Å². The summed E-state index contributed by atoms with van der Waals surface area (Å²) in [5.41, 5.74) is 6.13. The molecule has 0 bridgehead atoms. The molecule has 0 saturated carbocycles. The van der Waals surface area contributed by atoms with Crippen molar-refractivity contribution in [3.8, 4) is 5.75 Å². The lowest BCUT2D eigenvalue weighted by atomic mass is 10.2. The molecular formula is C10H14N2O3. The molecule has 0 saturated heterocycles. The van der Waals surface area contributed by atoms with Gasteiger partial charge in [-0.25, -0.2) is 0 Å². The van der Waals surface area contributed by atoms with Gasteiger partial charge in [-0.05, 0) is 19.9 Å². The Morgan fingerprint density at radius 3 is 2.80 bits per heavy atom. The van der Waals surface area contributed by atoms with Crippen LogP contribution in [-0.4, -0.2) is 17.6 Å². The van der Waals surface area contributed by atoms with Crippen LogP contribution in [0.3, 0.4) is 0 Å². The summed E-state index contributed by atoms with van der Waals surface area (Å²) in [7, 11) is 0. The summed E-state index contributed by atoms with van der Waals surface area (Å²) in [4.78, 5) is 10.2. The van der Waals surface area contributed by atoms with Gasteiger partial charge in [-0.3, -0.25) is 10.1 Å². The van der Waals surface area contributed by atoms with E-state index in [0.29, 0.717) is 17.9 Å². The molecule has 0 aliphatic heterocycles. The van der Waals surface area contributed by atoms with Gasteiger partial charge in [0.05, 0.1) is 10.5 Å². The quantitative estimate of drug-likeness (QED) is 0.605. The lowest BCUT2D eigenvalue weighted by molar-refractivity contribution is -0.385. The van der Waals surface area contributed by atoms with Gasteiger partial charge < -0.3 is 10.5 Å². The lowest BCUT2D eigenvalue weighted by Crippen LogP contribution is -2.23. The highest BCUT2D eigenvalue weighted by atomic mass is 16.6. The number of hydrogen-bond donors (Lipinski definition) is 1. The van der Waals surface area contributed by atoms with Gasteiger partial charge in [-0.2, -0.15) is 0 Å². The fourth-order valence-corrected chi connectivity index (χ4v) is 1.18. The summed E-state index contributed by atoms with van der Waals surface area (Å²) >= 11 is 0. The predicted molar refractivity (Wildman–Crippen MR) is 57.0 cm³/mol. The minimum atomic E-state index is -0.423. The second kappa shape index (κ2) is 4.75. The van der Waals surface area contributed by atoms with E-state index in [-0.39, 0.29) is 11.7 Å². The minimum absolute atomic E-state index is 0.0668. The zero-order valence-electron chi connectivity index (χ0n) is 8.77. The van der Waals surface area contributed by atoms with Crippen LogP contribution in [0.1, 0.15) is 12.5 Å². The summed E-state index contributed by atoms with van der Waals surface area (Å²) in [6, 6.07) is 4.66. The molecule has 1 aromatic rings. The Morgan fingerprint density at radius 1 is 1.60 bits per heavy atom. The molecule has 0 radical (unpaired) electrons. The van der Waals surface area contributed by atoms with E-state index in [4.69, 9.17) is 10.5 Å². The molecule has 0 spiro atoms. The number of nitrogens with zero attached hydrogens (tertiary/aromatic N) is 1. The molecule has 1 unspecified atom stereocenters. The summed E-state index contributed by atoms with van der Waals surface area (Å²) in [6.45, 7) is 3.82. The fourth-order valence-electron chi connectivity index (χ4n) is 1.18. The van der Waals surface area contributed by atoms with Gasteiger partial charge in [-0.1, -0.05) is 6.07 Å². The first kappa shape index (κ1) is 11.5. The molecule has 1 aromatic carbocycles. The van der Waals surface area contributed by atoms with Crippen molar-refractivity contribution in [3.63, 3.8) is 0 Å². The molecule has 2 N–H and O–H groups in total. The highest BCUT2D eigenvalue weighted by molar-refractivity contribution is 5.48. The van der Waals surface area contributed by atoms with Gasteiger partial charge in [-0.15, -0.1) is 0 Å². The Morgan fingerprint density at radius 2 is 2.27 bits per heavy atom. The van der Waals surface area contributed by atoms with Crippen LogP contribution in [0.2, 0.25) is 0 Å². The van der Waals surface area contributed by atoms with Crippen molar-refractivity contribution in [2.75, 3.05) is 6.61 Å². The van der Waals surface area contributed by atoms with Crippen molar-refractivity contribution >= 4 is 5.69 Å². The Labute approximate surface area is 88.0 Å². The highest BCUT2D eigenvalue weighted by Crippen LogP contribution is 2.26. The molecule has 0 fully saturated rings. The monoisotopic (exact) mass is 210 g/mol. The van der Waals surface area contributed by atoms with Gasteiger partial charge in [0.25, 0.3) is 5.69 Å². The Hall–Kier alpha value is -1.62. The second-order valence-corrected chi connectivity index (χ2v) is 3.45. The first-order valence-corrected chi connectivity index (χ1v) is 4.64. The molecule has 0 aliphatic rings. The summed E-state index contributed by atoms with van der Waals surface area (Å²) in [5, 5.41) is 10.6. The average Bonchev–Trinajstić information content (AvgIpc) is 2.15. The van der Waals surface area contributed by atoms with Crippen LogP contribution in [-0.2, 0) is 0 Å². The highest BCUT2D eigenvalue weighted by Gasteiger charge is 2.14. The maximum atomic E-state index is 10.6. The molecule has 0 amide bonds. The molecule has 5 heteroatoms. The molecule has 82 valence electrons. The third-order valence-corrected chi connectivity index (χ3v) is 1.95. The van der Waals surface area contributed by atoms with E-state index in [1.807, 2.05) is 6.92 Å². The van der Waals surface area contributed by atoms with E-state index in [1.54, 1.807) is 19.1 Å². The first-order chi connectivity index (χ1) is 7.02. The largest absolute Gasteiger partial charge is 0.491 e. The number of hydrogen-bond acceptors (Lipinski definition) is 4.